The van der Waals surface area contributed by atoms with Gasteiger partial charge in [-0.05, 0) is 37.1 Å². The number of phenols is 1. The number of aromatic carboxylic acids is 1. The first kappa shape index (κ1) is 15.5. The summed E-state index contributed by atoms with van der Waals surface area (Å²) in [6.45, 7) is 3.17. The Morgan fingerprint density at radius 1 is 1.08 bits per heavy atom. The number of carbonyl (C=O) groups excluding carboxylic acids is 2. The molecule has 2 N–H and O–H groups in total. The molecule has 3 rings (SSSR count). The molecule has 2 aromatic carbocycles. The van der Waals surface area contributed by atoms with E-state index in [2.05, 4.69) is 0 Å². The van der Waals surface area contributed by atoms with E-state index in [9.17, 15) is 24.6 Å². The third-order valence-corrected chi connectivity index (χ3v) is 3.76. The van der Waals surface area contributed by atoms with E-state index in [0.717, 1.165) is 0 Å². The number of phenolic OH excluding ortho intramolecular Hbond substituents is 1. The summed E-state index contributed by atoms with van der Waals surface area (Å²) in [5, 5.41) is 19.3. The maximum atomic E-state index is 12.5. The zero-order valence-electron chi connectivity index (χ0n) is 12.7. The Labute approximate surface area is 136 Å². The van der Waals surface area contributed by atoms with Gasteiger partial charge in [0.25, 0.3) is 0 Å². The molecule has 0 atom stereocenters. The fraction of sp³-hybridized carbons (Fsp3) is 0.118. The van der Waals surface area contributed by atoms with Gasteiger partial charge in [-0.15, -0.1) is 0 Å². The maximum Gasteiger partial charge on any atom is 0.347 e. The lowest BCUT2D eigenvalue weighted by molar-refractivity contribution is 0.0686. The van der Waals surface area contributed by atoms with Crippen LogP contribution >= 0.6 is 0 Å². The minimum Gasteiger partial charge on any atom is -0.507 e. The Balaban J connectivity index is 2.38. The molecule has 0 saturated carbocycles. The van der Waals surface area contributed by atoms with Crippen LogP contribution in [0, 0.1) is 13.8 Å². The van der Waals surface area contributed by atoms with Crippen molar-refractivity contribution in [2.45, 2.75) is 13.8 Å². The minimum absolute atomic E-state index is 0.0353. The Bertz CT molecular complexity index is 912. The van der Waals surface area contributed by atoms with Crippen LogP contribution in [0.15, 0.2) is 18.2 Å². The molecule has 0 aromatic heterocycles. The molecule has 1 heterocycles. The van der Waals surface area contributed by atoms with Crippen LogP contribution in [0.4, 0.5) is 0 Å². The van der Waals surface area contributed by atoms with Crippen LogP contribution < -0.4 is 9.47 Å². The van der Waals surface area contributed by atoms with E-state index in [1.165, 1.54) is 18.2 Å². The van der Waals surface area contributed by atoms with Gasteiger partial charge in [-0.25, -0.2) is 9.59 Å². The number of aromatic hydroxyl groups is 1. The number of carboxylic acids is 1. The van der Waals surface area contributed by atoms with Crippen molar-refractivity contribution in [1.29, 1.82) is 0 Å². The average Bonchev–Trinajstić information content (AvgIpc) is 2.65. The number of fused-ring (bicyclic) bond motifs is 2. The molecular formula is C17H12O7. The second-order valence-corrected chi connectivity index (χ2v) is 5.33. The summed E-state index contributed by atoms with van der Waals surface area (Å²) in [4.78, 5) is 35.2. The second-order valence-electron chi connectivity index (χ2n) is 5.33. The number of aryl methyl sites for hydroxylation is 2. The lowest BCUT2D eigenvalue weighted by Gasteiger charge is -2.13. The van der Waals surface area contributed by atoms with Crippen molar-refractivity contribution in [3.05, 3.63) is 46.0 Å². The molecule has 1 aliphatic rings. The molecular weight excluding hydrogens is 316 g/mol. The van der Waals surface area contributed by atoms with Crippen molar-refractivity contribution < 1.29 is 34.1 Å². The fourth-order valence-corrected chi connectivity index (χ4v) is 2.56. The van der Waals surface area contributed by atoms with Gasteiger partial charge in [0.05, 0.1) is 5.56 Å². The molecule has 0 spiro atoms. The highest BCUT2D eigenvalue weighted by molar-refractivity contribution is 6.02. The van der Waals surface area contributed by atoms with Gasteiger partial charge in [-0.2, -0.15) is 0 Å². The lowest BCUT2D eigenvalue weighted by atomic mass is 10.0. The van der Waals surface area contributed by atoms with Gasteiger partial charge in [0.15, 0.2) is 23.5 Å². The number of carboxylic acid groups (broad SMARTS) is 1. The van der Waals surface area contributed by atoms with E-state index in [1.807, 2.05) is 0 Å². The summed E-state index contributed by atoms with van der Waals surface area (Å²) in [6, 6.07) is 4.04. The number of benzene rings is 2. The van der Waals surface area contributed by atoms with E-state index < -0.39 is 11.9 Å². The number of aldehydes is 1. The SMILES string of the molecule is Cc1ccc(C(=O)O)c2c1OC(=O)c1c(C)cc(O)c(C=O)c1O2. The number of rotatable bonds is 2. The number of carbonyl (C=O) groups is 3. The molecule has 0 unspecified atom stereocenters. The van der Waals surface area contributed by atoms with E-state index in [-0.39, 0.29) is 39.7 Å². The highest BCUT2D eigenvalue weighted by Gasteiger charge is 2.32. The molecule has 0 aliphatic carbocycles. The maximum absolute atomic E-state index is 12.5. The second kappa shape index (κ2) is 5.38. The first-order valence-electron chi connectivity index (χ1n) is 6.93. The van der Waals surface area contributed by atoms with Gasteiger partial charge in [-0.1, -0.05) is 6.07 Å². The van der Waals surface area contributed by atoms with Crippen LogP contribution in [0.5, 0.6) is 23.0 Å². The molecule has 0 saturated heterocycles. The molecule has 2 aromatic rings. The van der Waals surface area contributed by atoms with Crippen LogP contribution in [-0.2, 0) is 0 Å². The molecule has 1 aliphatic heterocycles. The van der Waals surface area contributed by atoms with Crippen LogP contribution in [0.3, 0.4) is 0 Å². The largest absolute Gasteiger partial charge is 0.507 e. The van der Waals surface area contributed by atoms with Gasteiger partial charge in [0, 0.05) is 0 Å². The fourth-order valence-electron chi connectivity index (χ4n) is 2.56. The van der Waals surface area contributed by atoms with E-state index in [1.54, 1.807) is 13.8 Å². The first-order chi connectivity index (χ1) is 11.3. The Morgan fingerprint density at radius 2 is 1.79 bits per heavy atom. The van der Waals surface area contributed by atoms with Crippen molar-refractivity contribution in [2.75, 3.05) is 0 Å². The summed E-state index contributed by atoms with van der Waals surface area (Å²) in [5.74, 6) is -2.90. The molecule has 0 radical (unpaired) electrons. The Morgan fingerprint density at radius 3 is 2.42 bits per heavy atom. The van der Waals surface area contributed by atoms with Gasteiger partial charge in [-0.3, -0.25) is 4.79 Å². The number of esters is 1. The topological polar surface area (TPSA) is 110 Å². The molecule has 7 heteroatoms. The van der Waals surface area contributed by atoms with E-state index >= 15 is 0 Å². The van der Waals surface area contributed by atoms with Crippen LogP contribution in [0.1, 0.15) is 42.2 Å². The first-order valence-corrected chi connectivity index (χ1v) is 6.93. The highest BCUT2D eigenvalue weighted by atomic mass is 16.6. The predicted octanol–water partition coefficient (Wildman–Crippen LogP) is 2.84. The zero-order chi connectivity index (χ0) is 17.6. The predicted molar refractivity (Wildman–Crippen MR) is 81.4 cm³/mol. The number of hydrogen-bond donors (Lipinski definition) is 2. The van der Waals surface area contributed by atoms with Crippen molar-refractivity contribution in [3.8, 4) is 23.0 Å². The van der Waals surface area contributed by atoms with E-state index in [4.69, 9.17) is 9.47 Å². The van der Waals surface area contributed by atoms with Gasteiger partial charge in [0.1, 0.15) is 16.9 Å². The van der Waals surface area contributed by atoms with Gasteiger partial charge >= 0.3 is 11.9 Å². The van der Waals surface area contributed by atoms with Crippen molar-refractivity contribution in [1.82, 2.24) is 0 Å². The van der Waals surface area contributed by atoms with Crippen LogP contribution in [-0.4, -0.2) is 28.4 Å². The third kappa shape index (κ3) is 2.18. The standard InChI is InChI=1S/C17H12O7/c1-7-3-4-9(16(20)21)15-13(7)24-17(22)12-8(2)5-11(19)10(6-18)14(12)23-15/h3-6,19H,1-2H3,(H,20,21). The van der Waals surface area contributed by atoms with Gasteiger partial charge in [0.2, 0.25) is 0 Å². The number of hydrogen-bond acceptors (Lipinski definition) is 6. The summed E-state index contributed by atoms with van der Waals surface area (Å²) < 4.78 is 10.9. The summed E-state index contributed by atoms with van der Waals surface area (Å²) in [5.41, 5.74) is 0.306. The molecule has 0 amide bonds. The third-order valence-electron chi connectivity index (χ3n) is 3.76. The van der Waals surface area contributed by atoms with Gasteiger partial charge < -0.3 is 19.7 Å². The normalized spacial score (nSPS) is 12.3. The summed E-state index contributed by atoms with van der Waals surface area (Å²) in [7, 11) is 0. The zero-order valence-corrected chi connectivity index (χ0v) is 12.7. The van der Waals surface area contributed by atoms with Crippen molar-refractivity contribution in [2.24, 2.45) is 0 Å². The minimum atomic E-state index is -1.28. The Kier molecular flexibility index (Phi) is 3.48. The van der Waals surface area contributed by atoms with Crippen LogP contribution in [0.25, 0.3) is 0 Å². The summed E-state index contributed by atoms with van der Waals surface area (Å²) >= 11 is 0. The van der Waals surface area contributed by atoms with Crippen molar-refractivity contribution >= 4 is 18.2 Å². The Hall–Kier alpha value is -3.35. The quantitative estimate of drug-likeness (QED) is 0.495. The molecule has 7 nitrogen and oxygen atoms in total. The van der Waals surface area contributed by atoms with Crippen molar-refractivity contribution in [3.63, 3.8) is 0 Å². The summed E-state index contributed by atoms with van der Waals surface area (Å²) in [6.07, 6.45) is 0.335. The lowest BCUT2D eigenvalue weighted by Crippen LogP contribution is -2.10. The molecule has 0 fully saturated rings. The average molecular weight is 328 g/mol. The number of ether oxygens (including phenoxy) is 2. The van der Waals surface area contributed by atoms with E-state index in [0.29, 0.717) is 17.4 Å². The molecule has 122 valence electrons. The highest BCUT2D eigenvalue weighted by Crippen LogP contribution is 2.45. The molecule has 24 heavy (non-hydrogen) atoms. The monoisotopic (exact) mass is 328 g/mol. The van der Waals surface area contributed by atoms with Crippen LogP contribution in [0.2, 0.25) is 0 Å². The smallest absolute Gasteiger partial charge is 0.347 e. The molecule has 0 bridgehead atoms.